The summed E-state index contributed by atoms with van der Waals surface area (Å²) in [5.74, 6) is 0.0888. The van der Waals surface area contributed by atoms with E-state index in [1.54, 1.807) is 11.3 Å². The molecule has 0 fully saturated rings. The van der Waals surface area contributed by atoms with E-state index in [0.717, 1.165) is 12.8 Å². The van der Waals surface area contributed by atoms with Crippen molar-refractivity contribution < 1.29 is 4.39 Å². The monoisotopic (exact) mass is 249 g/mol. The molecule has 0 radical (unpaired) electrons. The smallest absolute Gasteiger partial charge is 0.223 e. The predicted octanol–water partition coefficient (Wildman–Crippen LogP) is 3.17. The number of hydrogen-bond donors (Lipinski definition) is 1. The summed E-state index contributed by atoms with van der Waals surface area (Å²) in [4.78, 5) is 9.31. The molecule has 17 heavy (non-hydrogen) atoms. The molecule has 0 saturated carbocycles. The molecule has 2 heterocycles. The quantitative estimate of drug-likeness (QED) is 0.888. The van der Waals surface area contributed by atoms with Gasteiger partial charge in [-0.2, -0.15) is 0 Å². The fraction of sp³-hybridized carbons (Fsp3) is 0.333. The van der Waals surface area contributed by atoms with E-state index in [1.165, 1.54) is 29.3 Å². The normalized spacial score (nSPS) is 18.8. The zero-order valence-corrected chi connectivity index (χ0v) is 10.0. The second-order valence-corrected chi connectivity index (χ2v) is 5.11. The van der Waals surface area contributed by atoms with Crippen LogP contribution >= 0.6 is 11.3 Å². The minimum atomic E-state index is -0.407. The summed E-state index contributed by atoms with van der Waals surface area (Å²) in [6, 6.07) is 2.41. The Balaban J connectivity index is 1.81. The molecule has 1 aliphatic rings. The first kappa shape index (κ1) is 10.7. The maximum absolute atomic E-state index is 12.7. The molecular formula is C12H12FN3S. The molecule has 2 aromatic heterocycles. The minimum Gasteiger partial charge on any atom is -0.347 e. The van der Waals surface area contributed by atoms with Crippen molar-refractivity contribution in [2.75, 3.05) is 5.32 Å². The number of nitrogens with one attached hydrogen (secondary N) is 1. The Kier molecular flexibility index (Phi) is 2.76. The van der Waals surface area contributed by atoms with Crippen molar-refractivity contribution in [1.29, 1.82) is 0 Å². The molecule has 5 heteroatoms. The summed E-state index contributed by atoms with van der Waals surface area (Å²) in [5.41, 5.74) is 1.34. The van der Waals surface area contributed by atoms with Crippen LogP contribution in [0.1, 0.15) is 29.3 Å². The first-order chi connectivity index (χ1) is 8.33. The zero-order valence-electron chi connectivity index (χ0n) is 9.19. The van der Waals surface area contributed by atoms with E-state index < -0.39 is 5.82 Å². The molecule has 0 aromatic carbocycles. The molecule has 2 aromatic rings. The topological polar surface area (TPSA) is 37.8 Å². The second-order valence-electron chi connectivity index (χ2n) is 4.11. The molecular weight excluding hydrogens is 237 g/mol. The third-order valence-corrected chi connectivity index (χ3v) is 3.97. The Hall–Kier alpha value is -1.49. The van der Waals surface area contributed by atoms with E-state index >= 15 is 0 Å². The first-order valence-corrected chi connectivity index (χ1v) is 6.51. The van der Waals surface area contributed by atoms with Gasteiger partial charge in [-0.15, -0.1) is 11.3 Å². The molecule has 1 unspecified atom stereocenters. The predicted molar refractivity (Wildman–Crippen MR) is 65.6 cm³/mol. The number of aromatic nitrogens is 2. The van der Waals surface area contributed by atoms with E-state index in [4.69, 9.17) is 0 Å². The number of aryl methyl sites for hydroxylation is 1. The summed E-state index contributed by atoms with van der Waals surface area (Å²) >= 11 is 1.80. The SMILES string of the molecule is Fc1cnc(NC2CCCc3sccc32)nc1. The highest BCUT2D eigenvalue weighted by Crippen LogP contribution is 2.34. The Bertz CT molecular complexity index is 509. The average Bonchev–Trinajstić information content (AvgIpc) is 2.81. The van der Waals surface area contributed by atoms with Gasteiger partial charge >= 0.3 is 0 Å². The molecule has 88 valence electrons. The van der Waals surface area contributed by atoms with Crippen LogP contribution in [0.4, 0.5) is 10.3 Å². The summed E-state index contributed by atoms with van der Waals surface area (Å²) in [7, 11) is 0. The van der Waals surface area contributed by atoms with Gasteiger partial charge in [0.2, 0.25) is 5.95 Å². The molecule has 1 atom stereocenters. The number of thiophene rings is 1. The molecule has 1 N–H and O–H groups in total. The lowest BCUT2D eigenvalue weighted by molar-refractivity contribution is 0.596. The molecule has 0 saturated heterocycles. The van der Waals surface area contributed by atoms with E-state index in [-0.39, 0.29) is 6.04 Å². The van der Waals surface area contributed by atoms with Crippen molar-refractivity contribution in [2.24, 2.45) is 0 Å². The van der Waals surface area contributed by atoms with Gasteiger partial charge in [-0.05, 0) is 36.3 Å². The standard InChI is InChI=1S/C12H12FN3S/c13-8-6-14-12(15-7-8)16-10-2-1-3-11-9(10)4-5-17-11/h4-7,10H,1-3H2,(H,14,15,16). The van der Waals surface area contributed by atoms with E-state index in [9.17, 15) is 4.39 Å². The number of nitrogens with zero attached hydrogens (tertiary/aromatic N) is 2. The Labute approximate surface area is 103 Å². The highest BCUT2D eigenvalue weighted by molar-refractivity contribution is 7.10. The van der Waals surface area contributed by atoms with Gasteiger partial charge in [-0.25, -0.2) is 14.4 Å². The van der Waals surface area contributed by atoms with Crippen LogP contribution in [0, 0.1) is 5.82 Å². The Morgan fingerprint density at radius 2 is 2.18 bits per heavy atom. The molecule has 1 aliphatic carbocycles. The van der Waals surface area contributed by atoms with Gasteiger partial charge in [0, 0.05) is 4.88 Å². The molecule has 0 aliphatic heterocycles. The van der Waals surface area contributed by atoms with Gasteiger partial charge in [-0.3, -0.25) is 0 Å². The Morgan fingerprint density at radius 3 is 3.00 bits per heavy atom. The lowest BCUT2D eigenvalue weighted by Gasteiger charge is -2.23. The molecule has 3 rings (SSSR count). The summed E-state index contributed by atoms with van der Waals surface area (Å²) in [6.45, 7) is 0. The maximum atomic E-state index is 12.7. The van der Waals surface area contributed by atoms with Gasteiger partial charge in [-0.1, -0.05) is 0 Å². The minimum absolute atomic E-state index is 0.260. The van der Waals surface area contributed by atoms with Crippen molar-refractivity contribution in [3.05, 3.63) is 40.1 Å². The zero-order chi connectivity index (χ0) is 11.7. The van der Waals surface area contributed by atoms with Crippen LogP contribution < -0.4 is 5.32 Å². The summed E-state index contributed by atoms with van der Waals surface area (Å²) in [5, 5.41) is 5.39. The highest BCUT2D eigenvalue weighted by Gasteiger charge is 2.21. The second kappa shape index (κ2) is 4.41. The van der Waals surface area contributed by atoms with Crippen LogP contribution in [-0.2, 0) is 6.42 Å². The lowest BCUT2D eigenvalue weighted by Crippen LogP contribution is -2.17. The van der Waals surface area contributed by atoms with E-state index in [0.29, 0.717) is 5.95 Å². The van der Waals surface area contributed by atoms with Crippen molar-refractivity contribution in [1.82, 2.24) is 9.97 Å². The van der Waals surface area contributed by atoms with Crippen LogP contribution in [0.5, 0.6) is 0 Å². The fourth-order valence-electron chi connectivity index (χ4n) is 2.18. The van der Waals surface area contributed by atoms with Crippen LogP contribution in [0.25, 0.3) is 0 Å². The van der Waals surface area contributed by atoms with Crippen molar-refractivity contribution in [3.8, 4) is 0 Å². The van der Waals surface area contributed by atoms with Gasteiger partial charge in [0.25, 0.3) is 0 Å². The van der Waals surface area contributed by atoms with Crippen LogP contribution in [0.3, 0.4) is 0 Å². The molecule has 0 bridgehead atoms. The number of halogens is 1. The number of anilines is 1. The summed E-state index contributed by atoms with van der Waals surface area (Å²) < 4.78 is 12.7. The third kappa shape index (κ3) is 2.15. The molecule has 3 nitrogen and oxygen atoms in total. The first-order valence-electron chi connectivity index (χ1n) is 5.63. The average molecular weight is 249 g/mol. The largest absolute Gasteiger partial charge is 0.347 e. The van der Waals surface area contributed by atoms with Gasteiger partial charge in [0.1, 0.15) is 0 Å². The van der Waals surface area contributed by atoms with Crippen molar-refractivity contribution in [3.63, 3.8) is 0 Å². The van der Waals surface area contributed by atoms with Crippen LogP contribution in [-0.4, -0.2) is 9.97 Å². The Morgan fingerprint density at radius 1 is 1.35 bits per heavy atom. The van der Waals surface area contributed by atoms with Crippen molar-refractivity contribution >= 4 is 17.3 Å². The fourth-order valence-corrected chi connectivity index (χ4v) is 3.17. The molecule has 0 amide bonds. The van der Waals surface area contributed by atoms with E-state index in [1.807, 2.05) is 0 Å². The van der Waals surface area contributed by atoms with Gasteiger partial charge in [0.15, 0.2) is 5.82 Å². The number of rotatable bonds is 2. The number of hydrogen-bond acceptors (Lipinski definition) is 4. The van der Waals surface area contributed by atoms with Crippen LogP contribution in [0.2, 0.25) is 0 Å². The van der Waals surface area contributed by atoms with E-state index in [2.05, 4.69) is 26.7 Å². The van der Waals surface area contributed by atoms with Gasteiger partial charge in [0.05, 0.1) is 18.4 Å². The maximum Gasteiger partial charge on any atom is 0.223 e. The molecule has 0 spiro atoms. The number of fused-ring (bicyclic) bond motifs is 1. The van der Waals surface area contributed by atoms with Crippen LogP contribution in [0.15, 0.2) is 23.8 Å². The highest BCUT2D eigenvalue weighted by atomic mass is 32.1. The van der Waals surface area contributed by atoms with Crippen molar-refractivity contribution in [2.45, 2.75) is 25.3 Å². The van der Waals surface area contributed by atoms with Gasteiger partial charge < -0.3 is 5.32 Å². The summed E-state index contributed by atoms with van der Waals surface area (Å²) in [6.07, 6.45) is 5.78. The lowest BCUT2D eigenvalue weighted by atomic mass is 9.94. The third-order valence-electron chi connectivity index (χ3n) is 2.98.